The minimum atomic E-state index is -0.285. The van der Waals surface area contributed by atoms with Gasteiger partial charge in [0.2, 0.25) is 0 Å². The topological polar surface area (TPSA) is 89.1 Å². The number of hydrogen-bond acceptors (Lipinski definition) is 7. The number of aryl methyl sites for hydroxylation is 1. The molecule has 30 heavy (non-hydrogen) atoms. The quantitative estimate of drug-likeness (QED) is 0.619. The van der Waals surface area contributed by atoms with E-state index in [4.69, 9.17) is 14.2 Å². The molecule has 2 aliphatic carbocycles. The summed E-state index contributed by atoms with van der Waals surface area (Å²) in [6, 6.07) is 3.95. The first-order chi connectivity index (χ1) is 14.7. The molecule has 0 bridgehead atoms. The first-order valence-corrected chi connectivity index (χ1v) is 10.5. The predicted molar refractivity (Wildman–Crippen MR) is 106 cm³/mol. The summed E-state index contributed by atoms with van der Waals surface area (Å²) >= 11 is 0. The monoisotopic (exact) mass is 408 g/mol. The molecule has 9 heteroatoms. The maximum Gasteiger partial charge on any atom is 0.177 e. The van der Waals surface area contributed by atoms with E-state index in [2.05, 4.69) is 20.4 Å². The number of nitrogens with zero attached hydrogens (tertiary/aromatic N) is 6. The average molecular weight is 408 g/mol. The largest absolute Gasteiger partial charge is 0.488 e. The van der Waals surface area contributed by atoms with E-state index >= 15 is 0 Å². The van der Waals surface area contributed by atoms with E-state index in [0.717, 1.165) is 37.3 Å². The number of aromatic nitrogens is 6. The first kappa shape index (κ1) is 18.0. The molecule has 6 rings (SSSR count). The molecule has 3 fully saturated rings. The summed E-state index contributed by atoms with van der Waals surface area (Å²) in [6.45, 7) is 2.05. The molecule has 0 radical (unpaired) electrons. The van der Waals surface area contributed by atoms with Crippen LogP contribution in [0.3, 0.4) is 0 Å². The molecule has 1 spiro atoms. The van der Waals surface area contributed by atoms with Crippen LogP contribution in [0.4, 0.5) is 0 Å². The molecule has 0 unspecified atom stereocenters. The molecule has 2 saturated carbocycles. The molecule has 0 atom stereocenters. The van der Waals surface area contributed by atoms with Crippen molar-refractivity contribution in [3.63, 3.8) is 0 Å². The Morgan fingerprint density at radius 3 is 2.73 bits per heavy atom. The third kappa shape index (κ3) is 3.59. The molecule has 0 amide bonds. The van der Waals surface area contributed by atoms with Crippen molar-refractivity contribution in [2.45, 2.75) is 44.6 Å². The second-order valence-corrected chi connectivity index (χ2v) is 8.64. The van der Waals surface area contributed by atoms with Gasteiger partial charge in [0, 0.05) is 30.4 Å². The third-order valence-corrected chi connectivity index (χ3v) is 5.91. The molecule has 3 aliphatic rings. The van der Waals surface area contributed by atoms with Crippen molar-refractivity contribution in [1.82, 2.24) is 29.8 Å². The van der Waals surface area contributed by atoms with Crippen LogP contribution >= 0.6 is 0 Å². The highest BCUT2D eigenvalue weighted by atomic mass is 16.7. The first-order valence-electron chi connectivity index (χ1n) is 10.5. The summed E-state index contributed by atoms with van der Waals surface area (Å²) in [5, 5.41) is 13.0. The molecule has 9 nitrogen and oxygen atoms in total. The summed E-state index contributed by atoms with van der Waals surface area (Å²) in [4.78, 5) is 4.65. The molecule has 156 valence electrons. The second kappa shape index (κ2) is 6.88. The number of hydrogen-bond donors (Lipinski definition) is 0. The van der Waals surface area contributed by atoms with Crippen LogP contribution in [0, 0.1) is 5.41 Å². The second-order valence-electron chi connectivity index (χ2n) is 8.64. The lowest BCUT2D eigenvalue weighted by Gasteiger charge is -2.29. The highest BCUT2D eigenvalue weighted by Crippen LogP contribution is 2.48. The molecule has 3 aromatic heterocycles. The van der Waals surface area contributed by atoms with Gasteiger partial charge in [0.25, 0.3) is 0 Å². The van der Waals surface area contributed by atoms with Crippen molar-refractivity contribution < 1.29 is 14.2 Å². The lowest BCUT2D eigenvalue weighted by molar-refractivity contribution is -0.213. The van der Waals surface area contributed by atoms with Crippen LogP contribution in [0.2, 0.25) is 0 Å². The standard InChI is InChI=1S/C21H24N6O3/c1-26-7-4-16(24-26)14-8-18(30-15-2-3-15)20(22-9-14)17-10-27(25-23-17)11-19-28-12-21(5-6-21)13-29-19/h4,7-10,15,19H,2-3,5-6,11-13H2,1H3. The van der Waals surface area contributed by atoms with Gasteiger partial charge in [-0.2, -0.15) is 5.10 Å². The zero-order valence-corrected chi connectivity index (χ0v) is 16.9. The van der Waals surface area contributed by atoms with Gasteiger partial charge >= 0.3 is 0 Å². The van der Waals surface area contributed by atoms with E-state index in [-0.39, 0.29) is 12.4 Å². The van der Waals surface area contributed by atoms with E-state index in [1.165, 1.54) is 12.8 Å². The Kier molecular flexibility index (Phi) is 4.14. The number of ether oxygens (including phenoxy) is 3. The molecular weight excluding hydrogens is 384 g/mol. The van der Waals surface area contributed by atoms with Crippen LogP contribution in [-0.2, 0) is 23.1 Å². The van der Waals surface area contributed by atoms with Gasteiger partial charge in [-0.3, -0.25) is 4.68 Å². The van der Waals surface area contributed by atoms with Crippen molar-refractivity contribution >= 4 is 0 Å². The maximum atomic E-state index is 6.15. The maximum absolute atomic E-state index is 6.15. The predicted octanol–water partition coefficient (Wildman–Crippen LogP) is 2.43. The fraction of sp³-hybridized carbons (Fsp3) is 0.524. The number of rotatable bonds is 6. The Labute approximate surface area is 174 Å². The molecule has 3 aromatic rings. The third-order valence-electron chi connectivity index (χ3n) is 5.91. The molecule has 0 aromatic carbocycles. The Bertz CT molecular complexity index is 1060. The SMILES string of the molecule is Cn1ccc(-c2cnc(-c3cn(CC4OCC5(CC5)CO4)nn3)c(OC3CC3)c2)n1. The van der Waals surface area contributed by atoms with Gasteiger partial charge in [-0.05, 0) is 37.8 Å². The van der Waals surface area contributed by atoms with Crippen LogP contribution in [0.25, 0.3) is 22.6 Å². The van der Waals surface area contributed by atoms with Crippen LogP contribution in [0.1, 0.15) is 25.7 Å². The normalized spacial score (nSPS) is 20.6. The van der Waals surface area contributed by atoms with Crippen LogP contribution in [0.15, 0.2) is 30.7 Å². The van der Waals surface area contributed by atoms with Crippen LogP contribution < -0.4 is 4.74 Å². The summed E-state index contributed by atoms with van der Waals surface area (Å²) in [5.74, 6) is 0.716. The highest BCUT2D eigenvalue weighted by Gasteiger charge is 2.47. The van der Waals surface area contributed by atoms with Crippen molar-refractivity contribution in [1.29, 1.82) is 0 Å². The van der Waals surface area contributed by atoms with Crippen molar-refractivity contribution in [2.24, 2.45) is 12.5 Å². The molecule has 1 saturated heterocycles. The van der Waals surface area contributed by atoms with Gasteiger partial charge < -0.3 is 14.2 Å². The molecular formula is C21H24N6O3. The minimum absolute atomic E-state index is 0.248. The fourth-order valence-corrected chi connectivity index (χ4v) is 3.65. The molecule has 0 N–H and O–H groups in total. The van der Waals surface area contributed by atoms with Gasteiger partial charge in [0.1, 0.15) is 17.1 Å². The summed E-state index contributed by atoms with van der Waals surface area (Å²) in [7, 11) is 1.90. The van der Waals surface area contributed by atoms with Gasteiger partial charge in [-0.15, -0.1) is 5.10 Å². The summed E-state index contributed by atoms with van der Waals surface area (Å²) in [5.41, 5.74) is 3.43. The van der Waals surface area contributed by atoms with E-state index in [0.29, 0.717) is 29.1 Å². The van der Waals surface area contributed by atoms with Gasteiger partial charge in [0.05, 0.1) is 37.8 Å². The number of pyridine rings is 1. The van der Waals surface area contributed by atoms with Crippen molar-refractivity contribution in [2.75, 3.05) is 13.2 Å². The van der Waals surface area contributed by atoms with E-state index in [1.807, 2.05) is 31.6 Å². The summed E-state index contributed by atoms with van der Waals surface area (Å²) in [6.07, 6.45) is 10.1. The lowest BCUT2D eigenvalue weighted by atomic mass is 10.1. The Balaban J connectivity index is 1.23. The Morgan fingerprint density at radius 2 is 2.03 bits per heavy atom. The fourth-order valence-electron chi connectivity index (χ4n) is 3.65. The highest BCUT2D eigenvalue weighted by molar-refractivity contribution is 5.68. The van der Waals surface area contributed by atoms with Crippen LogP contribution in [0.5, 0.6) is 5.75 Å². The van der Waals surface area contributed by atoms with Gasteiger partial charge in [0.15, 0.2) is 6.29 Å². The van der Waals surface area contributed by atoms with E-state index < -0.39 is 0 Å². The van der Waals surface area contributed by atoms with Crippen molar-refractivity contribution in [3.8, 4) is 28.4 Å². The smallest absolute Gasteiger partial charge is 0.177 e. The van der Waals surface area contributed by atoms with Crippen molar-refractivity contribution in [3.05, 3.63) is 30.7 Å². The molecule has 1 aliphatic heterocycles. The van der Waals surface area contributed by atoms with Crippen LogP contribution in [-0.4, -0.2) is 55.4 Å². The Hall–Kier alpha value is -2.78. The van der Waals surface area contributed by atoms with Gasteiger partial charge in [-0.1, -0.05) is 5.21 Å². The minimum Gasteiger partial charge on any atom is -0.488 e. The Morgan fingerprint density at radius 1 is 1.20 bits per heavy atom. The summed E-state index contributed by atoms with van der Waals surface area (Å²) < 4.78 is 21.4. The molecule has 4 heterocycles. The van der Waals surface area contributed by atoms with E-state index in [9.17, 15) is 0 Å². The zero-order valence-electron chi connectivity index (χ0n) is 16.9. The zero-order chi connectivity index (χ0) is 20.1. The average Bonchev–Trinajstić information content (AvgIpc) is 3.63. The van der Waals surface area contributed by atoms with Gasteiger partial charge in [-0.25, -0.2) is 9.67 Å². The lowest BCUT2D eigenvalue weighted by Crippen LogP contribution is -2.36. The van der Waals surface area contributed by atoms with E-state index in [1.54, 1.807) is 15.6 Å².